The topological polar surface area (TPSA) is 21.3 Å². The smallest absolute Gasteiger partial charge is 0.0477 e. The molecule has 0 aromatic heterocycles. The third kappa shape index (κ3) is 8.52. The number of unbranched alkanes of at least 4 members (excludes halogenated alkanes) is 1. The molecule has 0 heterocycles. The van der Waals surface area contributed by atoms with E-state index in [4.69, 9.17) is 4.74 Å². The monoisotopic (exact) mass is 201 g/mol. The van der Waals surface area contributed by atoms with Gasteiger partial charge in [0.05, 0.1) is 0 Å². The van der Waals surface area contributed by atoms with Crippen molar-refractivity contribution in [2.45, 2.75) is 58.9 Å². The van der Waals surface area contributed by atoms with E-state index in [-0.39, 0.29) is 0 Å². The first kappa shape index (κ1) is 13.9. The average molecular weight is 201 g/mol. The molecule has 1 N–H and O–H groups in total. The Hall–Kier alpha value is -0.0800. The van der Waals surface area contributed by atoms with Gasteiger partial charge in [0.2, 0.25) is 0 Å². The molecular weight excluding hydrogens is 174 g/mol. The van der Waals surface area contributed by atoms with Crippen LogP contribution in [-0.4, -0.2) is 25.8 Å². The van der Waals surface area contributed by atoms with E-state index in [1.54, 1.807) is 0 Å². The Morgan fingerprint density at radius 2 is 1.93 bits per heavy atom. The predicted molar refractivity (Wildman–Crippen MR) is 62.7 cm³/mol. The molecule has 0 radical (unpaired) electrons. The van der Waals surface area contributed by atoms with Gasteiger partial charge in [0.25, 0.3) is 0 Å². The Bertz CT molecular complexity index is 106. The summed E-state index contributed by atoms with van der Waals surface area (Å²) in [5.74, 6) is 0. The van der Waals surface area contributed by atoms with Crippen LogP contribution in [0.2, 0.25) is 0 Å². The molecule has 0 saturated carbocycles. The predicted octanol–water partition coefficient (Wildman–Crippen LogP) is 2.97. The van der Waals surface area contributed by atoms with E-state index in [9.17, 15) is 0 Å². The van der Waals surface area contributed by atoms with Crippen molar-refractivity contribution >= 4 is 0 Å². The summed E-state index contributed by atoms with van der Waals surface area (Å²) in [4.78, 5) is 0. The fraction of sp³-hybridized carbons (Fsp3) is 1.00. The Kier molecular flexibility index (Phi) is 10.9. The fourth-order valence-electron chi connectivity index (χ4n) is 1.53. The molecule has 2 heteroatoms. The van der Waals surface area contributed by atoms with E-state index in [0.717, 1.165) is 32.2 Å². The molecule has 0 aliphatic carbocycles. The molecule has 0 fully saturated rings. The van der Waals surface area contributed by atoms with E-state index >= 15 is 0 Å². The Morgan fingerprint density at radius 3 is 2.50 bits per heavy atom. The molecule has 0 spiro atoms. The summed E-state index contributed by atoms with van der Waals surface area (Å²) in [6.07, 6.45) is 6.35. The van der Waals surface area contributed by atoms with Crippen LogP contribution in [0, 0.1) is 0 Å². The first-order chi connectivity index (χ1) is 6.85. The lowest BCUT2D eigenvalue weighted by molar-refractivity contribution is 0.144. The maximum atomic E-state index is 5.29. The molecular formula is C12H27NO. The Balaban J connectivity index is 3.24. The summed E-state index contributed by atoms with van der Waals surface area (Å²) < 4.78 is 5.29. The summed E-state index contributed by atoms with van der Waals surface area (Å²) in [7, 11) is 0. The summed E-state index contributed by atoms with van der Waals surface area (Å²) in [5.41, 5.74) is 0. The minimum absolute atomic E-state index is 0.719. The molecule has 0 bridgehead atoms. The maximum Gasteiger partial charge on any atom is 0.0477 e. The van der Waals surface area contributed by atoms with Crippen LogP contribution in [0.5, 0.6) is 0 Å². The SMILES string of the molecule is CCCCC(CC)NCCCOCC. The van der Waals surface area contributed by atoms with Crippen LogP contribution in [0.3, 0.4) is 0 Å². The molecule has 2 nitrogen and oxygen atoms in total. The molecule has 0 amide bonds. The van der Waals surface area contributed by atoms with Gasteiger partial charge in [-0.05, 0) is 32.7 Å². The lowest BCUT2D eigenvalue weighted by atomic mass is 10.1. The van der Waals surface area contributed by atoms with Crippen molar-refractivity contribution in [2.24, 2.45) is 0 Å². The van der Waals surface area contributed by atoms with Crippen LogP contribution in [-0.2, 0) is 4.74 Å². The number of nitrogens with one attached hydrogen (secondary N) is 1. The fourth-order valence-corrected chi connectivity index (χ4v) is 1.53. The second-order valence-electron chi connectivity index (χ2n) is 3.75. The summed E-state index contributed by atoms with van der Waals surface area (Å²) in [6.45, 7) is 9.39. The van der Waals surface area contributed by atoms with Crippen molar-refractivity contribution in [3.63, 3.8) is 0 Å². The first-order valence-electron chi connectivity index (χ1n) is 6.16. The third-order valence-electron chi connectivity index (χ3n) is 2.50. The highest BCUT2D eigenvalue weighted by molar-refractivity contribution is 4.64. The van der Waals surface area contributed by atoms with E-state index in [1.807, 2.05) is 6.92 Å². The van der Waals surface area contributed by atoms with Gasteiger partial charge in [0.15, 0.2) is 0 Å². The van der Waals surface area contributed by atoms with E-state index in [2.05, 4.69) is 19.2 Å². The second kappa shape index (κ2) is 11.0. The van der Waals surface area contributed by atoms with Gasteiger partial charge in [-0.15, -0.1) is 0 Å². The van der Waals surface area contributed by atoms with Crippen LogP contribution in [0.25, 0.3) is 0 Å². The zero-order valence-corrected chi connectivity index (χ0v) is 10.1. The van der Waals surface area contributed by atoms with Gasteiger partial charge < -0.3 is 10.1 Å². The largest absolute Gasteiger partial charge is 0.382 e. The van der Waals surface area contributed by atoms with Crippen LogP contribution in [0.4, 0.5) is 0 Å². The summed E-state index contributed by atoms with van der Waals surface area (Å²) in [6, 6.07) is 0.719. The van der Waals surface area contributed by atoms with Crippen molar-refractivity contribution in [3.05, 3.63) is 0 Å². The quantitative estimate of drug-likeness (QED) is 0.549. The van der Waals surface area contributed by atoms with Crippen LogP contribution in [0.15, 0.2) is 0 Å². The molecule has 1 unspecified atom stereocenters. The Morgan fingerprint density at radius 1 is 1.14 bits per heavy atom. The lowest BCUT2D eigenvalue weighted by Crippen LogP contribution is -2.29. The normalized spacial score (nSPS) is 13.1. The molecule has 0 aliphatic heterocycles. The lowest BCUT2D eigenvalue weighted by Gasteiger charge is -2.16. The molecule has 0 aliphatic rings. The van der Waals surface area contributed by atoms with Gasteiger partial charge in [0.1, 0.15) is 0 Å². The standard InChI is InChI=1S/C12H27NO/c1-4-7-9-12(5-2)13-10-8-11-14-6-3/h12-13H,4-11H2,1-3H3. The van der Waals surface area contributed by atoms with Crippen molar-refractivity contribution in [1.29, 1.82) is 0 Å². The van der Waals surface area contributed by atoms with Crippen LogP contribution >= 0.6 is 0 Å². The number of hydrogen-bond donors (Lipinski definition) is 1. The van der Waals surface area contributed by atoms with Gasteiger partial charge >= 0.3 is 0 Å². The van der Waals surface area contributed by atoms with Crippen LogP contribution in [0.1, 0.15) is 52.9 Å². The van der Waals surface area contributed by atoms with Gasteiger partial charge in [-0.1, -0.05) is 26.7 Å². The van der Waals surface area contributed by atoms with E-state index < -0.39 is 0 Å². The minimum Gasteiger partial charge on any atom is -0.382 e. The minimum atomic E-state index is 0.719. The summed E-state index contributed by atoms with van der Waals surface area (Å²) in [5, 5.41) is 3.58. The highest BCUT2D eigenvalue weighted by atomic mass is 16.5. The molecule has 0 aromatic rings. The van der Waals surface area contributed by atoms with Gasteiger partial charge in [-0.25, -0.2) is 0 Å². The second-order valence-corrected chi connectivity index (χ2v) is 3.75. The molecule has 0 aromatic carbocycles. The van der Waals surface area contributed by atoms with Crippen molar-refractivity contribution < 1.29 is 4.74 Å². The van der Waals surface area contributed by atoms with Crippen molar-refractivity contribution in [1.82, 2.24) is 5.32 Å². The average Bonchev–Trinajstić information content (AvgIpc) is 2.22. The highest BCUT2D eigenvalue weighted by Gasteiger charge is 2.03. The molecule has 86 valence electrons. The molecule has 14 heavy (non-hydrogen) atoms. The molecule has 0 saturated heterocycles. The van der Waals surface area contributed by atoms with Gasteiger partial charge in [-0.2, -0.15) is 0 Å². The zero-order valence-electron chi connectivity index (χ0n) is 10.1. The first-order valence-corrected chi connectivity index (χ1v) is 6.16. The molecule has 0 rings (SSSR count). The number of hydrogen-bond acceptors (Lipinski definition) is 2. The highest BCUT2D eigenvalue weighted by Crippen LogP contribution is 2.03. The molecule has 1 atom stereocenters. The van der Waals surface area contributed by atoms with E-state index in [0.29, 0.717) is 0 Å². The number of rotatable bonds is 10. The number of ether oxygens (including phenoxy) is 1. The van der Waals surface area contributed by atoms with Gasteiger partial charge in [0, 0.05) is 19.3 Å². The van der Waals surface area contributed by atoms with E-state index in [1.165, 1.54) is 25.7 Å². The van der Waals surface area contributed by atoms with Gasteiger partial charge in [-0.3, -0.25) is 0 Å². The van der Waals surface area contributed by atoms with Crippen molar-refractivity contribution in [3.8, 4) is 0 Å². The summed E-state index contributed by atoms with van der Waals surface area (Å²) >= 11 is 0. The maximum absolute atomic E-state index is 5.29. The zero-order chi connectivity index (χ0) is 10.6. The van der Waals surface area contributed by atoms with Crippen LogP contribution < -0.4 is 5.32 Å². The Labute approximate surface area is 89.4 Å². The third-order valence-corrected chi connectivity index (χ3v) is 2.50. The van der Waals surface area contributed by atoms with Crippen molar-refractivity contribution in [2.75, 3.05) is 19.8 Å².